The Kier molecular flexibility index (Phi) is 7.31. The van der Waals surface area contributed by atoms with Gasteiger partial charge in [-0.15, -0.1) is 0 Å². The number of ether oxygens (including phenoxy) is 1. The third-order valence-electron chi connectivity index (χ3n) is 4.22. The number of benzene rings is 1. The molecule has 2 rings (SSSR count). The fourth-order valence-corrected chi connectivity index (χ4v) is 2.95. The smallest absolute Gasteiger partial charge is 0.277 e. The molecule has 0 saturated heterocycles. The maximum Gasteiger partial charge on any atom is 0.277 e. The van der Waals surface area contributed by atoms with Crippen molar-refractivity contribution in [2.24, 2.45) is 0 Å². The number of anilines is 1. The van der Waals surface area contributed by atoms with Crippen LogP contribution in [0.15, 0.2) is 30.0 Å². The minimum atomic E-state index is -0.408. The van der Waals surface area contributed by atoms with Gasteiger partial charge in [-0.25, -0.2) is 0 Å². The van der Waals surface area contributed by atoms with Crippen LogP contribution in [0.1, 0.15) is 26.3 Å². The number of rotatable bonds is 9. The van der Waals surface area contributed by atoms with Crippen LogP contribution in [-0.2, 0) is 19.1 Å². The minimum Gasteiger partial charge on any atom is -0.395 e. The first-order chi connectivity index (χ1) is 13.3. The number of likely N-dealkylation sites (N-methyl/N-ethyl adjacent to an activating group) is 1. The molecule has 0 aromatic heterocycles. The van der Waals surface area contributed by atoms with E-state index < -0.39 is 11.8 Å². The van der Waals surface area contributed by atoms with Crippen molar-refractivity contribution in [2.75, 3.05) is 38.7 Å². The lowest BCUT2D eigenvalue weighted by atomic mass is 10.0. The lowest BCUT2D eigenvalue weighted by molar-refractivity contribution is -0.138. The van der Waals surface area contributed by atoms with Gasteiger partial charge in [-0.3, -0.25) is 19.3 Å². The number of aliphatic hydroxyl groups excluding tert-OH is 1. The number of hydrogen-bond donors (Lipinski definition) is 2. The third-order valence-corrected chi connectivity index (χ3v) is 4.22. The molecule has 0 radical (unpaired) electrons. The molecule has 0 bridgehead atoms. The Balaban J connectivity index is 2.35. The highest BCUT2D eigenvalue weighted by Gasteiger charge is 2.40. The van der Waals surface area contributed by atoms with Gasteiger partial charge < -0.3 is 20.1 Å². The molecule has 0 spiro atoms. The van der Waals surface area contributed by atoms with Crippen molar-refractivity contribution in [3.63, 3.8) is 0 Å². The van der Waals surface area contributed by atoms with E-state index in [-0.39, 0.29) is 49.6 Å². The number of aliphatic hydroxyl groups is 1. The molecule has 28 heavy (non-hydrogen) atoms. The normalized spacial score (nSPS) is 14.3. The summed E-state index contributed by atoms with van der Waals surface area (Å²) >= 11 is 0. The second-order valence-corrected chi connectivity index (χ2v) is 6.81. The van der Waals surface area contributed by atoms with Gasteiger partial charge in [0.25, 0.3) is 11.8 Å². The van der Waals surface area contributed by atoms with Crippen molar-refractivity contribution >= 4 is 29.0 Å². The number of hydrogen-bond acceptors (Lipinski definition) is 6. The summed E-state index contributed by atoms with van der Waals surface area (Å²) in [6.45, 7) is 5.66. The van der Waals surface area contributed by atoms with Gasteiger partial charge in [0.15, 0.2) is 0 Å². The summed E-state index contributed by atoms with van der Waals surface area (Å²) in [4.78, 5) is 39.9. The molecular weight excluding hydrogens is 362 g/mol. The van der Waals surface area contributed by atoms with Gasteiger partial charge in [0.1, 0.15) is 5.70 Å². The first-order valence-electron chi connectivity index (χ1n) is 9.18. The molecule has 0 fully saturated rings. The zero-order chi connectivity index (χ0) is 20.8. The van der Waals surface area contributed by atoms with Crippen LogP contribution < -0.4 is 5.32 Å². The van der Waals surface area contributed by atoms with Crippen LogP contribution in [0.25, 0.3) is 5.57 Å². The van der Waals surface area contributed by atoms with Crippen LogP contribution in [0, 0.1) is 0 Å². The standard InChI is InChI=1S/C20H27N3O5/c1-13(2)28-12-10-23-19(26)17(18(20(23)27)22(4)9-11-24)15-5-7-16(8-6-15)21-14(3)25/h5-8,13,24H,9-12H2,1-4H3,(H,21,25). The van der Waals surface area contributed by atoms with E-state index in [2.05, 4.69) is 5.32 Å². The van der Waals surface area contributed by atoms with Crippen LogP contribution in [-0.4, -0.2) is 72.1 Å². The molecule has 1 aromatic carbocycles. The van der Waals surface area contributed by atoms with Crippen molar-refractivity contribution in [1.29, 1.82) is 0 Å². The Bertz CT molecular complexity index is 771. The largest absolute Gasteiger partial charge is 0.395 e. The predicted octanol–water partition coefficient (Wildman–Crippen LogP) is 1.07. The van der Waals surface area contributed by atoms with Crippen molar-refractivity contribution in [1.82, 2.24) is 9.80 Å². The molecule has 152 valence electrons. The summed E-state index contributed by atoms with van der Waals surface area (Å²) in [5.41, 5.74) is 1.69. The summed E-state index contributed by atoms with van der Waals surface area (Å²) < 4.78 is 5.48. The van der Waals surface area contributed by atoms with Gasteiger partial charge in [0.05, 0.1) is 31.4 Å². The third kappa shape index (κ3) is 4.96. The zero-order valence-corrected chi connectivity index (χ0v) is 16.7. The highest BCUT2D eigenvalue weighted by molar-refractivity contribution is 6.35. The van der Waals surface area contributed by atoms with E-state index in [0.29, 0.717) is 11.3 Å². The highest BCUT2D eigenvalue weighted by Crippen LogP contribution is 2.31. The molecule has 1 heterocycles. The van der Waals surface area contributed by atoms with E-state index in [1.165, 1.54) is 11.8 Å². The average Bonchev–Trinajstić information content (AvgIpc) is 2.86. The summed E-state index contributed by atoms with van der Waals surface area (Å²) in [5, 5.41) is 11.9. The molecule has 1 aromatic rings. The number of imide groups is 1. The molecular formula is C20H27N3O5. The van der Waals surface area contributed by atoms with Crippen molar-refractivity contribution in [3.05, 3.63) is 35.5 Å². The van der Waals surface area contributed by atoms with Crippen LogP contribution in [0.3, 0.4) is 0 Å². The molecule has 0 unspecified atom stereocenters. The molecule has 8 heteroatoms. The summed E-state index contributed by atoms with van der Waals surface area (Å²) in [5.74, 6) is -1.00. The second-order valence-electron chi connectivity index (χ2n) is 6.81. The minimum absolute atomic E-state index is 0.00177. The molecule has 1 aliphatic heterocycles. The van der Waals surface area contributed by atoms with E-state index in [1.807, 2.05) is 13.8 Å². The SMILES string of the molecule is CC(=O)Nc1ccc(C2=C(N(C)CCO)C(=O)N(CCOC(C)C)C2=O)cc1. The van der Waals surface area contributed by atoms with Crippen molar-refractivity contribution < 1.29 is 24.2 Å². The molecule has 0 aliphatic carbocycles. The summed E-state index contributed by atoms with van der Waals surface area (Å²) in [6.07, 6.45) is -0.00177. The first-order valence-corrected chi connectivity index (χ1v) is 9.18. The Morgan fingerprint density at radius 3 is 2.39 bits per heavy atom. The van der Waals surface area contributed by atoms with Crippen LogP contribution >= 0.6 is 0 Å². The number of carbonyl (C=O) groups excluding carboxylic acids is 3. The number of carbonyl (C=O) groups is 3. The Hall–Kier alpha value is -2.71. The fraction of sp³-hybridized carbons (Fsp3) is 0.450. The lowest BCUT2D eigenvalue weighted by Gasteiger charge is -2.20. The number of nitrogens with one attached hydrogen (secondary N) is 1. The summed E-state index contributed by atoms with van der Waals surface area (Å²) in [7, 11) is 1.66. The van der Waals surface area contributed by atoms with E-state index >= 15 is 0 Å². The van der Waals surface area contributed by atoms with Crippen LogP contribution in [0.5, 0.6) is 0 Å². The predicted molar refractivity (Wildman–Crippen MR) is 105 cm³/mol. The Labute approximate surface area is 164 Å². The summed E-state index contributed by atoms with van der Waals surface area (Å²) in [6, 6.07) is 6.73. The maximum atomic E-state index is 13.0. The van der Waals surface area contributed by atoms with Gasteiger partial charge in [-0.05, 0) is 31.5 Å². The van der Waals surface area contributed by atoms with Gasteiger partial charge in [0.2, 0.25) is 5.91 Å². The highest BCUT2D eigenvalue weighted by atomic mass is 16.5. The average molecular weight is 389 g/mol. The van der Waals surface area contributed by atoms with Gasteiger partial charge >= 0.3 is 0 Å². The number of nitrogens with zero attached hydrogens (tertiary/aromatic N) is 2. The number of amides is 3. The molecule has 8 nitrogen and oxygen atoms in total. The molecule has 1 aliphatic rings. The van der Waals surface area contributed by atoms with E-state index in [4.69, 9.17) is 4.74 Å². The topological polar surface area (TPSA) is 99.2 Å². The monoisotopic (exact) mass is 389 g/mol. The van der Waals surface area contributed by atoms with Crippen molar-refractivity contribution in [3.8, 4) is 0 Å². The van der Waals surface area contributed by atoms with Crippen LogP contribution in [0.2, 0.25) is 0 Å². The van der Waals surface area contributed by atoms with Crippen molar-refractivity contribution in [2.45, 2.75) is 26.9 Å². The van der Waals surface area contributed by atoms with Gasteiger partial charge in [-0.1, -0.05) is 12.1 Å². The quantitative estimate of drug-likeness (QED) is 0.613. The van der Waals surface area contributed by atoms with Gasteiger partial charge in [-0.2, -0.15) is 0 Å². The zero-order valence-electron chi connectivity index (χ0n) is 16.7. The molecule has 3 amide bonds. The van der Waals surface area contributed by atoms with E-state index in [0.717, 1.165) is 0 Å². The van der Waals surface area contributed by atoms with Crippen LogP contribution in [0.4, 0.5) is 5.69 Å². The van der Waals surface area contributed by atoms with Gasteiger partial charge in [0, 0.05) is 26.2 Å². The lowest BCUT2D eigenvalue weighted by Crippen LogP contribution is -2.37. The maximum absolute atomic E-state index is 13.0. The van der Waals surface area contributed by atoms with E-state index in [9.17, 15) is 19.5 Å². The Morgan fingerprint density at radius 1 is 1.21 bits per heavy atom. The molecule has 0 saturated carbocycles. The second kappa shape index (κ2) is 9.48. The van der Waals surface area contributed by atoms with E-state index in [1.54, 1.807) is 36.2 Å². The Morgan fingerprint density at radius 2 is 1.86 bits per heavy atom. The first kappa shape index (κ1) is 21.6. The fourth-order valence-electron chi connectivity index (χ4n) is 2.95. The molecule has 0 atom stereocenters. The molecule has 2 N–H and O–H groups in total.